The van der Waals surface area contributed by atoms with Crippen LogP contribution in [-0.2, 0) is 16.1 Å². The number of esters is 1. The van der Waals surface area contributed by atoms with E-state index >= 15 is 0 Å². The minimum absolute atomic E-state index is 0.156. The molecule has 0 fully saturated rings. The number of halogens is 2. The number of benzene rings is 2. The average Bonchev–Trinajstić information content (AvgIpc) is 3.19. The SMILES string of the molecule is COc1cc(/C=C/C(=O)OCc2nc(-c3ccc(Cl)cc3)no2)cc(Cl)c1OC. The van der Waals surface area contributed by atoms with Crippen LogP contribution in [0.15, 0.2) is 47.0 Å². The van der Waals surface area contributed by atoms with E-state index in [1.807, 2.05) is 0 Å². The van der Waals surface area contributed by atoms with Gasteiger partial charge >= 0.3 is 5.97 Å². The Morgan fingerprint density at radius 3 is 2.59 bits per heavy atom. The summed E-state index contributed by atoms with van der Waals surface area (Å²) < 4.78 is 20.6. The highest BCUT2D eigenvalue weighted by Gasteiger charge is 2.12. The normalized spacial score (nSPS) is 10.9. The van der Waals surface area contributed by atoms with Crippen LogP contribution in [0.3, 0.4) is 0 Å². The van der Waals surface area contributed by atoms with E-state index in [1.54, 1.807) is 42.5 Å². The fraction of sp³-hybridized carbons (Fsp3) is 0.150. The third-order valence-corrected chi connectivity index (χ3v) is 4.31. The van der Waals surface area contributed by atoms with E-state index in [0.717, 1.165) is 5.56 Å². The molecule has 3 aromatic rings. The Bertz CT molecular complexity index is 1030. The van der Waals surface area contributed by atoms with Crippen LogP contribution >= 0.6 is 23.2 Å². The summed E-state index contributed by atoms with van der Waals surface area (Å²) in [6, 6.07) is 10.3. The highest BCUT2D eigenvalue weighted by atomic mass is 35.5. The van der Waals surface area contributed by atoms with Gasteiger partial charge in [-0.15, -0.1) is 0 Å². The van der Waals surface area contributed by atoms with Crippen molar-refractivity contribution in [2.45, 2.75) is 6.61 Å². The fourth-order valence-corrected chi connectivity index (χ4v) is 2.83. The van der Waals surface area contributed by atoms with Crippen molar-refractivity contribution < 1.29 is 23.5 Å². The molecule has 7 nitrogen and oxygen atoms in total. The minimum atomic E-state index is -0.581. The molecule has 0 aliphatic carbocycles. The van der Waals surface area contributed by atoms with Crippen molar-refractivity contribution in [3.05, 3.63) is 64.0 Å². The molecule has 0 aliphatic rings. The summed E-state index contributed by atoms with van der Waals surface area (Å²) in [7, 11) is 2.99. The molecule has 0 saturated carbocycles. The smallest absolute Gasteiger partial charge is 0.331 e. The maximum Gasteiger partial charge on any atom is 0.331 e. The number of rotatable bonds is 7. The molecule has 150 valence electrons. The van der Waals surface area contributed by atoms with Gasteiger partial charge in [0.2, 0.25) is 5.82 Å². The first-order chi connectivity index (χ1) is 14.0. The summed E-state index contributed by atoms with van der Waals surface area (Å²) in [6.45, 7) is -0.156. The first-order valence-corrected chi connectivity index (χ1v) is 9.10. The molecule has 0 spiro atoms. The van der Waals surface area contributed by atoms with Gasteiger partial charge in [0.15, 0.2) is 18.1 Å². The number of ether oxygens (including phenoxy) is 3. The van der Waals surface area contributed by atoms with Crippen molar-refractivity contribution in [2.24, 2.45) is 0 Å². The Kier molecular flexibility index (Phi) is 6.74. The standard InChI is InChI=1S/C20H16Cl2N2O5/c1-26-16-10-12(9-15(22)19(16)27-2)3-8-18(25)28-11-17-23-20(24-29-17)13-4-6-14(21)7-5-13/h3-10H,11H2,1-2H3/b8-3+. The fourth-order valence-electron chi connectivity index (χ4n) is 2.41. The number of hydrogen-bond acceptors (Lipinski definition) is 7. The van der Waals surface area contributed by atoms with E-state index in [-0.39, 0.29) is 12.5 Å². The van der Waals surface area contributed by atoms with Crippen LogP contribution in [0.2, 0.25) is 10.0 Å². The van der Waals surface area contributed by atoms with Crippen LogP contribution in [-0.4, -0.2) is 30.3 Å². The molecular formula is C20H16Cl2N2O5. The van der Waals surface area contributed by atoms with Crippen molar-refractivity contribution in [3.8, 4) is 22.9 Å². The van der Waals surface area contributed by atoms with Crippen LogP contribution in [0.25, 0.3) is 17.5 Å². The summed E-state index contributed by atoms with van der Waals surface area (Å²) in [5.41, 5.74) is 1.38. The molecule has 9 heteroatoms. The van der Waals surface area contributed by atoms with Gasteiger partial charge in [0.05, 0.1) is 19.2 Å². The van der Waals surface area contributed by atoms with Gasteiger partial charge < -0.3 is 18.7 Å². The van der Waals surface area contributed by atoms with Gasteiger partial charge in [0.25, 0.3) is 5.89 Å². The van der Waals surface area contributed by atoms with Crippen molar-refractivity contribution in [1.82, 2.24) is 10.1 Å². The predicted octanol–water partition coefficient (Wildman–Crippen LogP) is 4.82. The molecule has 0 N–H and O–H groups in total. The maximum absolute atomic E-state index is 12.0. The molecule has 0 unspecified atom stereocenters. The maximum atomic E-state index is 12.0. The summed E-state index contributed by atoms with van der Waals surface area (Å²) in [4.78, 5) is 16.1. The third-order valence-electron chi connectivity index (χ3n) is 3.78. The second-order valence-corrected chi connectivity index (χ2v) is 6.54. The number of nitrogens with zero attached hydrogens (tertiary/aromatic N) is 2. The molecule has 0 amide bonds. The van der Waals surface area contributed by atoms with Crippen molar-refractivity contribution in [1.29, 1.82) is 0 Å². The Balaban J connectivity index is 1.60. The molecule has 2 aromatic carbocycles. The van der Waals surface area contributed by atoms with Gasteiger partial charge in [0, 0.05) is 16.7 Å². The largest absolute Gasteiger partial charge is 0.493 e. The lowest BCUT2D eigenvalue weighted by atomic mass is 10.2. The number of carbonyl (C=O) groups excluding carboxylic acids is 1. The summed E-state index contributed by atoms with van der Waals surface area (Å²) in [6.07, 6.45) is 2.80. The molecule has 0 saturated heterocycles. The Morgan fingerprint density at radius 1 is 1.14 bits per heavy atom. The van der Waals surface area contributed by atoms with E-state index in [9.17, 15) is 4.79 Å². The van der Waals surface area contributed by atoms with Crippen LogP contribution in [0.5, 0.6) is 11.5 Å². The van der Waals surface area contributed by atoms with E-state index < -0.39 is 5.97 Å². The van der Waals surface area contributed by atoms with Gasteiger partial charge in [0.1, 0.15) is 0 Å². The molecule has 3 rings (SSSR count). The van der Waals surface area contributed by atoms with Gasteiger partial charge in [-0.05, 0) is 48.0 Å². The van der Waals surface area contributed by atoms with Crippen LogP contribution < -0.4 is 9.47 Å². The molecule has 0 aliphatic heterocycles. The molecule has 1 heterocycles. The van der Waals surface area contributed by atoms with Crippen molar-refractivity contribution in [2.75, 3.05) is 14.2 Å². The lowest BCUT2D eigenvalue weighted by Gasteiger charge is -2.10. The Labute approximate surface area is 176 Å². The zero-order valence-electron chi connectivity index (χ0n) is 15.5. The number of carbonyl (C=O) groups is 1. The van der Waals surface area contributed by atoms with E-state index in [4.69, 9.17) is 41.9 Å². The van der Waals surface area contributed by atoms with Gasteiger partial charge in [-0.1, -0.05) is 28.4 Å². The zero-order valence-corrected chi connectivity index (χ0v) is 17.0. The highest BCUT2D eigenvalue weighted by molar-refractivity contribution is 6.32. The molecule has 0 bridgehead atoms. The number of methoxy groups -OCH3 is 2. The molecular weight excluding hydrogens is 419 g/mol. The predicted molar refractivity (Wildman–Crippen MR) is 108 cm³/mol. The average molecular weight is 435 g/mol. The minimum Gasteiger partial charge on any atom is -0.493 e. The van der Waals surface area contributed by atoms with Gasteiger partial charge in [-0.2, -0.15) is 4.98 Å². The summed E-state index contributed by atoms with van der Waals surface area (Å²) in [5.74, 6) is 0.839. The Hall–Kier alpha value is -3.03. The summed E-state index contributed by atoms with van der Waals surface area (Å²) in [5, 5.41) is 4.82. The first-order valence-electron chi connectivity index (χ1n) is 8.35. The second-order valence-electron chi connectivity index (χ2n) is 5.70. The zero-order chi connectivity index (χ0) is 20.8. The topological polar surface area (TPSA) is 83.7 Å². The van der Waals surface area contributed by atoms with Crippen LogP contribution in [0.4, 0.5) is 0 Å². The highest BCUT2D eigenvalue weighted by Crippen LogP contribution is 2.36. The van der Waals surface area contributed by atoms with Gasteiger partial charge in [-0.25, -0.2) is 4.79 Å². The van der Waals surface area contributed by atoms with Crippen LogP contribution in [0.1, 0.15) is 11.5 Å². The Morgan fingerprint density at radius 2 is 1.90 bits per heavy atom. The van der Waals surface area contributed by atoms with E-state index in [1.165, 1.54) is 20.3 Å². The molecule has 29 heavy (non-hydrogen) atoms. The number of aromatic nitrogens is 2. The van der Waals surface area contributed by atoms with Crippen LogP contribution in [0, 0.1) is 0 Å². The quantitative estimate of drug-likeness (QED) is 0.389. The first kappa shape index (κ1) is 20.7. The van der Waals surface area contributed by atoms with E-state index in [0.29, 0.717) is 32.9 Å². The molecule has 0 radical (unpaired) electrons. The second kappa shape index (κ2) is 9.45. The van der Waals surface area contributed by atoms with Gasteiger partial charge in [-0.3, -0.25) is 0 Å². The lowest BCUT2D eigenvalue weighted by molar-refractivity contribution is -0.139. The molecule has 1 aromatic heterocycles. The third kappa shape index (κ3) is 5.28. The van der Waals surface area contributed by atoms with Crippen molar-refractivity contribution >= 4 is 35.2 Å². The lowest BCUT2D eigenvalue weighted by Crippen LogP contribution is -2.01. The monoisotopic (exact) mass is 434 g/mol. The van der Waals surface area contributed by atoms with Crippen molar-refractivity contribution in [3.63, 3.8) is 0 Å². The summed E-state index contributed by atoms with van der Waals surface area (Å²) >= 11 is 12.0. The van der Waals surface area contributed by atoms with E-state index in [2.05, 4.69) is 10.1 Å². The molecule has 0 atom stereocenters. The number of hydrogen-bond donors (Lipinski definition) is 0.